The minimum Gasteiger partial charge on any atom is -0.294 e. The topological polar surface area (TPSA) is 46.8 Å². The smallest absolute Gasteiger partial charge is 0.187 e. The second-order valence-corrected chi connectivity index (χ2v) is 8.29. The van der Waals surface area contributed by atoms with Crippen LogP contribution >= 0.6 is 11.8 Å². The van der Waals surface area contributed by atoms with Crippen LogP contribution in [-0.4, -0.2) is 37.4 Å². The van der Waals surface area contributed by atoms with E-state index in [0.29, 0.717) is 0 Å². The summed E-state index contributed by atoms with van der Waals surface area (Å²) in [5.41, 5.74) is 6.27. The molecule has 2 aromatic rings. The quantitative estimate of drug-likeness (QED) is 0.631. The Hall–Kier alpha value is -1.40. The average molecular weight is 346 g/mol. The van der Waals surface area contributed by atoms with Crippen molar-refractivity contribution in [3.8, 4) is 0 Å². The van der Waals surface area contributed by atoms with E-state index in [-0.39, 0.29) is 5.54 Å². The maximum absolute atomic E-state index is 4.78. The van der Waals surface area contributed by atoms with Gasteiger partial charge in [0, 0.05) is 49.1 Å². The largest absolute Gasteiger partial charge is 0.294 e. The van der Waals surface area contributed by atoms with Crippen LogP contribution in [0.1, 0.15) is 49.0 Å². The minimum absolute atomic E-state index is 0.0175. The van der Waals surface area contributed by atoms with Gasteiger partial charge in [0.05, 0.1) is 16.9 Å². The molecule has 0 saturated carbocycles. The van der Waals surface area contributed by atoms with Gasteiger partial charge in [-0.05, 0) is 40.9 Å². The van der Waals surface area contributed by atoms with Gasteiger partial charge in [-0.3, -0.25) is 9.58 Å². The van der Waals surface area contributed by atoms with Crippen molar-refractivity contribution in [2.45, 2.75) is 64.8 Å². The summed E-state index contributed by atoms with van der Waals surface area (Å²) in [7, 11) is 0. The fourth-order valence-electron chi connectivity index (χ4n) is 3.37. The minimum atomic E-state index is 0.0175. The summed E-state index contributed by atoms with van der Waals surface area (Å²) in [4.78, 5) is 11.6. The zero-order chi connectivity index (χ0) is 17.5. The molecule has 0 aromatic carbocycles. The number of rotatable bonds is 3. The fraction of sp³-hybridized carbons (Fsp3) is 0.611. The molecule has 0 spiro atoms. The molecule has 2 aromatic heterocycles. The molecule has 0 bridgehead atoms. The van der Waals surface area contributed by atoms with E-state index in [1.54, 1.807) is 11.8 Å². The van der Waals surface area contributed by atoms with Gasteiger partial charge in [0.1, 0.15) is 0 Å². The first-order chi connectivity index (χ1) is 11.3. The van der Waals surface area contributed by atoms with E-state index in [1.807, 2.05) is 12.5 Å². The number of hydrogen-bond donors (Lipinski definition) is 0. The van der Waals surface area contributed by atoms with Gasteiger partial charge in [-0.25, -0.2) is 9.97 Å². The van der Waals surface area contributed by atoms with Crippen molar-refractivity contribution in [2.75, 3.05) is 12.8 Å². The van der Waals surface area contributed by atoms with E-state index in [1.165, 1.54) is 22.5 Å². The maximum Gasteiger partial charge on any atom is 0.187 e. The molecule has 0 aliphatic carbocycles. The van der Waals surface area contributed by atoms with Gasteiger partial charge >= 0.3 is 0 Å². The Morgan fingerprint density at radius 2 is 2.00 bits per heavy atom. The van der Waals surface area contributed by atoms with E-state index in [9.17, 15) is 0 Å². The summed E-state index contributed by atoms with van der Waals surface area (Å²) >= 11 is 1.61. The van der Waals surface area contributed by atoms with Crippen LogP contribution in [0.4, 0.5) is 0 Å². The summed E-state index contributed by atoms with van der Waals surface area (Å²) in [5, 5.41) is 5.65. The maximum atomic E-state index is 4.78. The van der Waals surface area contributed by atoms with Crippen molar-refractivity contribution in [1.29, 1.82) is 0 Å². The third-order valence-electron chi connectivity index (χ3n) is 4.63. The number of fused-ring (bicyclic) bond motifs is 1. The van der Waals surface area contributed by atoms with Crippen molar-refractivity contribution >= 4 is 11.8 Å². The molecule has 3 rings (SSSR count). The van der Waals surface area contributed by atoms with Gasteiger partial charge in [-0.2, -0.15) is 5.10 Å². The van der Waals surface area contributed by atoms with Gasteiger partial charge in [0.2, 0.25) is 0 Å². The molecule has 0 saturated heterocycles. The first-order valence-corrected chi connectivity index (χ1v) is 9.68. The van der Waals surface area contributed by atoms with Crippen molar-refractivity contribution in [1.82, 2.24) is 24.6 Å². The molecule has 0 atom stereocenters. The molecule has 6 heteroatoms. The number of hydrogen-bond acceptors (Lipinski definition) is 5. The van der Waals surface area contributed by atoms with E-state index in [0.717, 1.165) is 36.9 Å². The Labute approximate surface area is 148 Å². The molecule has 130 valence electrons. The Kier molecular flexibility index (Phi) is 4.71. The van der Waals surface area contributed by atoms with Gasteiger partial charge in [-0.15, -0.1) is 0 Å². The lowest BCUT2D eigenvalue weighted by molar-refractivity contribution is 0.240. The SMILES string of the molecule is CSc1ncc2c(n1)CCN(Cc1c(C)nn(C(C)(C)C)c1C)C2. The fourth-order valence-corrected chi connectivity index (χ4v) is 3.73. The highest BCUT2D eigenvalue weighted by Crippen LogP contribution is 2.25. The number of aromatic nitrogens is 4. The predicted octanol–water partition coefficient (Wildman–Crippen LogP) is 3.33. The first-order valence-electron chi connectivity index (χ1n) is 8.46. The second kappa shape index (κ2) is 6.48. The molecule has 24 heavy (non-hydrogen) atoms. The lowest BCUT2D eigenvalue weighted by Crippen LogP contribution is -2.31. The van der Waals surface area contributed by atoms with Crippen molar-refractivity contribution < 1.29 is 0 Å². The number of thioether (sulfide) groups is 1. The summed E-state index contributed by atoms with van der Waals surface area (Å²) in [5.74, 6) is 0. The van der Waals surface area contributed by atoms with Crippen LogP contribution in [-0.2, 0) is 25.0 Å². The van der Waals surface area contributed by atoms with Crippen molar-refractivity contribution in [3.63, 3.8) is 0 Å². The molecule has 1 aliphatic heterocycles. The Balaban J connectivity index is 1.79. The predicted molar refractivity (Wildman–Crippen MR) is 98.3 cm³/mol. The lowest BCUT2D eigenvalue weighted by Gasteiger charge is -2.28. The molecule has 0 N–H and O–H groups in total. The third kappa shape index (κ3) is 3.35. The highest BCUT2D eigenvalue weighted by Gasteiger charge is 2.24. The molecule has 0 radical (unpaired) electrons. The highest BCUT2D eigenvalue weighted by molar-refractivity contribution is 7.98. The second-order valence-electron chi connectivity index (χ2n) is 7.52. The van der Waals surface area contributed by atoms with Crippen LogP contribution in [0.3, 0.4) is 0 Å². The van der Waals surface area contributed by atoms with Gasteiger partial charge in [-0.1, -0.05) is 11.8 Å². The average Bonchev–Trinajstić information content (AvgIpc) is 2.82. The van der Waals surface area contributed by atoms with Crippen LogP contribution < -0.4 is 0 Å². The number of nitrogens with zero attached hydrogens (tertiary/aromatic N) is 5. The van der Waals surface area contributed by atoms with Crippen LogP contribution in [0.2, 0.25) is 0 Å². The summed E-state index contributed by atoms with van der Waals surface area (Å²) in [6.07, 6.45) is 5.02. The van der Waals surface area contributed by atoms with E-state index >= 15 is 0 Å². The van der Waals surface area contributed by atoms with Crippen LogP contribution in [0.25, 0.3) is 0 Å². The molecule has 0 amide bonds. The normalized spacial score (nSPS) is 15.6. The lowest BCUT2D eigenvalue weighted by atomic mass is 10.1. The highest BCUT2D eigenvalue weighted by atomic mass is 32.2. The van der Waals surface area contributed by atoms with Gasteiger partial charge < -0.3 is 0 Å². The molecular weight excluding hydrogens is 318 g/mol. The molecule has 1 aliphatic rings. The molecule has 0 fully saturated rings. The summed E-state index contributed by atoms with van der Waals surface area (Å²) < 4.78 is 2.16. The van der Waals surface area contributed by atoms with Crippen molar-refractivity contribution in [2.24, 2.45) is 0 Å². The van der Waals surface area contributed by atoms with Crippen molar-refractivity contribution in [3.05, 3.63) is 34.4 Å². The van der Waals surface area contributed by atoms with E-state index in [4.69, 9.17) is 5.10 Å². The van der Waals surface area contributed by atoms with Gasteiger partial charge in [0.15, 0.2) is 5.16 Å². The van der Waals surface area contributed by atoms with Gasteiger partial charge in [0.25, 0.3) is 0 Å². The Morgan fingerprint density at radius 1 is 1.25 bits per heavy atom. The zero-order valence-electron chi connectivity index (χ0n) is 15.6. The van der Waals surface area contributed by atoms with Crippen LogP contribution in [0.5, 0.6) is 0 Å². The third-order valence-corrected chi connectivity index (χ3v) is 5.19. The summed E-state index contributed by atoms with van der Waals surface area (Å²) in [6, 6.07) is 0. The first kappa shape index (κ1) is 17.4. The zero-order valence-corrected chi connectivity index (χ0v) is 16.4. The molecule has 5 nitrogen and oxygen atoms in total. The molecular formula is C18H27N5S. The monoisotopic (exact) mass is 345 g/mol. The number of aryl methyl sites for hydroxylation is 1. The molecule has 0 unspecified atom stereocenters. The Bertz CT molecular complexity index is 745. The molecule has 3 heterocycles. The Morgan fingerprint density at radius 3 is 2.62 bits per heavy atom. The summed E-state index contributed by atoms with van der Waals surface area (Å²) in [6.45, 7) is 13.8. The van der Waals surface area contributed by atoms with E-state index in [2.05, 4.69) is 54.2 Å². The standard InChI is InChI=1S/C18H27N5S/c1-12-15(13(2)23(21-12)18(3,4)5)11-22-8-7-16-14(10-22)9-19-17(20-16)24-6/h9H,7-8,10-11H2,1-6H3. The van der Waals surface area contributed by atoms with E-state index < -0.39 is 0 Å². The van der Waals surface area contributed by atoms with Crippen LogP contribution in [0, 0.1) is 13.8 Å². The van der Waals surface area contributed by atoms with Crippen LogP contribution in [0.15, 0.2) is 11.4 Å².